The van der Waals surface area contributed by atoms with Crippen molar-refractivity contribution in [2.75, 3.05) is 0 Å². The summed E-state index contributed by atoms with van der Waals surface area (Å²) in [4.78, 5) is 11.9. The van der Waals surface area contributed by atoms with E-state index < -0.39 is 0 Å². The normalized spacial score (nSPS) is 17.5. The van der Waals surface area contributed by atoms with E-state index in [2.05, 4.69) is 36.3 Å². The highest BCUT2D eigenvalue weighted by Crippen LogP contribution is 2.33. The fourth-order valence-corrected chi connectivity index (χ4v) is 2.79. The van der Waals surface area contributed by atoms with Crippen molar-refractivity contribution in [2.45, 2.75) is 26.3 Å². The molecule has 0 unspecified atom stereocenters. The lowest BCUT2D eigenvalue weighted by atomic mass is 9.98. The molecule has 0 aromatic heterocycles. The van der Waals surface area contributed by atoms with Gasteiger partial charge in [-0.3, -0.25) is 4.79 Å². The van der Waals surface area contributed by atoms with Crippen LogP contribution in [0, 0.1) is 6.92 Å². The molecular weight excluding hydrogens is 296 g/mol. The molecule has 112 valence electrons. The van der Waals surface area contributed by atoms with E-state index in [1.165, 1.54) is 5.56 Å². The predicted molar refractivity (Wildman–Crippen MR) is 89.0 cm³/mol. The highest BCUT2D eigenvalue weighted by Gasteiger charge is 2.31. The third-order valence-electron chi connectivity index (χ3n) is 3.87. The largest absolute Gasteiger partial charge is 0.273 e. The minimum Gasteiger partial charge on any atom is -0.273 e. The Balaban J connectivity index is 1.92. The molecule has 0 spiro atoms. The summed E-state index contributed by atoms with van der Waals surface area (Å²) < 4.78 is 0. The average Bonchev–Trinajstić information content (AvgIpc) is 2.94. The van der Waals surface area contributed by atoms with Crippen molar-refractivity contribution in [1.29, 1.82) is 0 Å². The van der Waals surface area contributed by atoms with Gasteiger partial charge in [0.15, 0.2) is 0 Å². The Bertz CT molecular complexity index is 720. The molecule has 1 heterocycles. The van der Waals surface area contributed by atoms with Gasteiger partial charge in [-0.25, -0.2) is 5.01 Å². The summed E-state index contributed by atoms with van der Waals surface area (Å²) in [5.74, 6) is -0.0536. The summed E-state index contributed by atoms with van der Waals surface area (Å²) in [5.41, 5.74) is 4.26. The zero-order chi connectivity index (χ0) is 15.7. The van der Waals surface area contributed by atoms with Gasteiger partial charge in [0.25, 0.3) is 0 Å². The summed E-state index contributed by atoms with van der Waals surface area (Å²) >= 11 is 5.95. The van der Waals surface area contributed by atoms with Gasteiger partial charge < -0.3 is 0 Å². The van der Waals surface area contributed by atoms with Crippen molar-refractivity contribution in [3.63, 3.8) is 0 Å². The van der Waals surface area contributed by atoms with Gasteiger partial charge in [0.05, 0.1) is 11.8 Å². The summed E-state index contributed by atoms with van der Waals surface area (Å²) in [7, 11) is 0. The number of hydrazone groups is 1. The van der Waals surface area contributed by atoms with E-state index in [4.69, 9.17) is 11.6 Å². The van der Waals surface area contributed by atoms with Gasteiger partial charge in [-0.2, -0.15) is 5.10 Å². The van der Waals surface area contributed by atoms with Crippen molar-refractivity contribution >= 4 is 23.2 Å². The molecule has 1 aliphatic heterocycles. The minimum atomic E-state index is -0.0638. The Morgan fingerprint density at radius 1 is 1.14 bits per heavy atom. The maximum absolute atomic E-state index is 11.9. The second kappa shape index (κ2) is 5.93. The van der Waals surface area contributed by atoms with Crippen LogP contribution in [0.5, 0.6) is 0 Å². The van der Waals surface area contributed by atoms with Gasteiger partial charge in [0, 0.05) is 18.4 Å². The van der Waals surface area contributed by atoms with E-state index in [1.807, 2.05) is 24.3 Å². The number of aryl methyl sites for hydroxylation is 1. The van der Waals surface area contributed by atoms with Crippen LogP contribution in [0.15, 0.2) is 53.6 Å². The Labute approximate surface area is 135 Å². The molecule has 2 aromatic rings. The SMILES string of the molecule is CC(=O)N1N=C(c2ccc(C)cc2)C[C@@H]1c1ccc(Cl)cc1. The maximum Gasteiger partial charge on any atom is 0.240 e. The predicted octanol–water partition coefficient (Wildman–Crippen LogP) is 4.35. The van der Waals surface area contributed by atoms with Crippen LogP contribution in [0.3, 0.4) is 0 Å². The van der Waals surface area contributed by atoms with E-state index in [0.29, 0.717) is 11.4 Å². The first-order valence-corrected chi connectivity index (χ1v) is 7.62. The molecule has 1 atom stereocenters. The molecule has 0 bridgehead atoms. The molecule has 1 amide bonds. The van der Waals surface area contributed by atoms with Crippen LogP contribution in [0.25, 0.3) is 0 Å². The second-order valence-electron chi connectivity index (χ2n) is 5.55. The van der Waals surface area contributed by atoms with Crippen LogP contribution >= 0.6 is 11.6 Å². The lowest BCUT2D eigenvalue weighted by Crippen LogP contribution is -2.24. The van der Waals surface area contributed by atoms with E-state index in [0.717, 1.165) is 16.8 Å². The quantitative estimate of drug-likeness (QED) is 0.811. The number of carbonyl (C=O) groups excluding carboxylic acids is 1. The minimum absolute atomic E-state index is 0.0536. The van der Waals surface area contributed by atoms with Crippen LogP contribution in [0.1, 0.15) is 36.1 Å². The standard InChI is InChI=1S/C18H17ClN2O/c1-12-3-5-14(6-4-12)17-11-18(21(20-17)13(2)22)15-7-9-16(19)10-8-15/h3-10,18H,11H2,1-2H3/t18-/m1/s1. The van der Waals surface area contributed by atoms with E-state index in [1.54, 1.807) is 11.9 Å². The second-order valence-corrected chi connectivity index (χ2v) is 5.98. The van der Waals surface area contributed by atoms with Gasteiger partial charge >= 0.3 is 0 Å². The topological polar surface area (TPSA) is 32.7 Å². The number of hydrogen-bond donors (Lipinski definition) is 0. The van der Waals surface area contributed by atoms with Crippen LogP contribution < -0.4 is 0 Å². The molecule has 0 saturated heterocycles. The fraction of sp³-hybridized carbons (Fsp3) is 0.222. The molecule has 0 radical (unpaired) electrons. The first-order valence-electron chi connectivity index (χ1n) is 7.24. The Morgan fingerprint density at radius 3 is 2.36 bits per heavy atom. The van der Waals surface area contributed by atoms with Crippen molar-refractivity contribution < 1.29 is 4.79 Å². The third-order valence-corrected chi connectivity index (χ3v) is 4.12. The third kappa shape index (κ3) is 2.90. The van der Waals surface area contributed by atoms with E-state index in [-0.39, 0.29) is 11.9 Å². The highest BCUT2D eigenvalue weighted by molar-refractivity contribution is 6.30. The van der Waals surface area contributed by atoms with Gasteiger partial charge in [0.2, 0.25) is 5.91 Å². The van der Waals surface area contributed by atoms with Crippen LogP contribution in [-0.4, -0.2) is 16.6 Å². The zero-order valence-corrected chi connectivity index (χ0v) is 13.3. The summed E-state index contributed by atoms with van der Waals surface area (Å²) in [6.07, 6.45) is 0.713. The number of halogens is 1. The smallest absolute Gasteiger partial charge is 0.240 e. The number of hydrogen-bond acceptors (Lipinski definition) is 2. The number of nitrogens with zero attached hydrogens (tertiary/aromatic N) is 2. The first-order chi connectivity index (χ1) is 10.5. The van der Waals surface area contributed by atoms with Crippen molar-refractivity contribution in [2.24, 2.45) is 5.10 Å². The molecular formula is C18H17ClN2O. The van der Waals surface area contributed by atoms with Crippen molar-refractivity contribution in [1.82, 2.24) is 5.01 Å². The summed E-state index contributed by atoms with van der Waals surface area (Å²) in [5, 5.41) is 6.79. The van der Waals surface area contributed by atoms with Crippen molar-refractivity contribution in [3.8, 4) is 0 Å². The number of benzene rings is 2. The monoisotopic (exact) mass is 312 g/mol. The first kappa shape index (κ1) is 14.8. The molecule has 3 rings (SSSR count). The number of rotatable bonds is 2. The Hall–Kier alpha value is -2.13. The fourth-order valence-electron chi connectivity index (χ4n) is 2.67. The molecule has 4 heteroatoms. The molecule has 0 N–H and O–H groups in total. The van der Waals surface area contributed by atoms with Gasteiger partial charge in [-0.1, -0.05) is 53.6 Å². The molecule has 0 saturated carbocycles. The Morgan fingerprint density at radius 2 is 1.77 bits per heavy atom. The molecule has 22 heavy (non-hydrogen) atoms. The van der Waals surface area contributed by atoms with Gasteiger partial charge in [0.1, 0.15) is 0 Å². The van der Waals surface area contributed by atoms with Crippen LogP contribution in [0.4, 0.5) is 0 Å². The lowest BCUT2D eigenvalue weighted by Gasteiger charge is -2.20. The van der Waals surface area contributed by atoms with Gasteiger partial charge in [-0.15, -0.1) is 0 Å². The lowest BCUT2D eigenvalue weighted by molar-refractivity contribution is -0.130. The van der Waals surface area contributed by atoms with Crippen molar-refractivity contribution in [3.05, 3.63) is 70.2 Å². The summed E-state index contributed by atoms with van der Waals surface area (Å²) in [6.45, 7) is 3.60. The highest BCUT2D eigenvalue weighted by atomic mass is 35.5. The molecule has 1 aliphatic rings. The van der Waals surface area contributed by atoms with E-state index >= 15 is 0 Å². The van der Waals surface area contributed by atoms with Gasteiger partial charge in [-0.05, 0) is 30.2 Å². The molecule has 0 fully saturated rings. The maximum atomic E-state index is 11.9. The Kier molecular flexibility index (Phi) is 3.99. The van der Waals surface area contributed by atoms with Crippen LogP contribution in [-0.2, 0) is 4.79 Å². The zero-order valence-electron chi connectivity index (χ0n) is 12.6. The number of amides is 1. The van der Waals surface area contributed by atoms with Crippen LogP contribution in [0.2, 0.25) is 5.02 Å². The number of carbonyl (C=O) groups is 1. The summed E-state index contributed by atoms with van der Waals surface area (Å²) in [6, 6.07) is 15.8. The molecule has 0 aliphatic carbocycles. The average molecular weight is 313 g/mol. The molecule has 3 nitrogen and oxygen atoms in total. The van der Waals surface area contributed by atoms with E-state index in [9.17, 15) is 4.79 Å². The molecule has 2 aromatic carbocycles.